The predicted octanol–water partition coefficient (Wildman–Crippen LogP) is 5.05. The zero-order valence-corrected chi connectivity index (χ0v) is 14.2. The number of hydrogen-bond donors (Lipinski definition) is 0. The largest absolute Gasteiger partial charge is 0.495 e. The Morgan fingerprint density at radius 1 is 0.840 bits per heavy atom. The lowest BCUT2D eigenvalue weighted by molar-refractivity contribution is 0.413. The third-order valence-electron chi connectivity index (χ3n) is 4.53. The lowest BCUT2D eigenvalue weighted by Crippen LogP contribution is -2.19. The van der Waals surface area contributed by atoms with Crippen LogP contribution in [0.15, 0.2) is 90.0 Å². The van der Waals surface area contributed by atoms with Crippen molar-refractivity contribution < 1.29 is 4.74 Å². The van der Waals surface area contributed by atoms with Crippen LogP contribution in [0, 0.1) is 0 Å². The lowest BCUT2D eigenvalue weighted by Gasteiger charge is -2.25. The van der Waals surface area contributed by atoms with E-state index in [0.29, 0.717) is 0 Å². The highest BCUT2D eigenvalue weighted by Crippen LogP contribution is 2.40. The lowest BCUT2D eigenvalue weighted by atomic mass is 9.98. The third-order valence-corrected chi connectivity index (χ3v) is 4.53. The first kappa shape index (κ1) is 15.5. The molecule has 0 radical (unpaired) electrons. The fraction of sp³-hybridized carbons (Fsp3) is 0.136. The minimum absolute atomic E-state index is 0.160. The van der Waals surface area contributed by atoms with E-state index in [9.17, 15) is 0 Å². The number of benzene rings is 3. The van der Waals surface area contributed by atoms with Crippen LogP contribution >= 0.6 is 0 Å². The fourth-order valence-electron chi connectivity index (χ4n) is 3.29. The first-order valence-corrected chi connectivity index (χ1v) is 8.47. The highest BCUT2D eigenvalue weighted by molar-refractivity contribution is 6.03. The minimum Gasteiger partial charge on any atom is -0.495 e. The molecule has 4 rings (SSSR count). The normalized spacial score (nSPS) is 16.6. The summed E-state index contributed by atoms with van der Waals surface area (Å²) in [5.41, 5.74) is 4.51. The zero-order valence-electron chi connectivity index (χ0n) is 14.2. The Hall–Kier alpha value is -3.07. The smallest absolute Gasteiger partial charge is 0.144 e. The molecule has 0 aliphatic carbocycles. The van der Waals surface area contributed by atoms with Gasteiger partial charge in [0.1, 0.15) is 11.4 Å². The highest BCUT2D eigenvalue weighted by Gasteiger charge is 2.31. The maximum absolute atomic E-state index is 5.57. The molecule has 0 saturated carbocycles. The van der Waals surface area contributed by atoms with E-state index in [2.05, 4.69) is 59.6 Å². The Morgan fingerprint density at radius 2 is 1.48 bits per heavy atom. The highest BCUT2D eigenvalue weighted by atomic mass is 16.5. The molecule has 0 unspecified atom stereocenters. The molecule has 0 fully saturated rings. The Balaban J connectivity index is 1.79. The summed E-state index contributed by atoms with van der Waals surface area (Å²) in [4.78, 5) is 0. The first-order chi connectivity index (χ1) is 12.4. The van der Waals surface area contributed by atoms with Crippen LogP contribution < -0.4 is 9.75 Å². The van der Waals surface area contributed by atoms with Crippen molar-refractivity contribution in [1.29, 1.82) is 0 Å². The van der Waals surface area contributed by atoms with E-state index >= 15 is 0 Å². The van der Waals surface area contributed by atoms with Gasteiger partial charge >= 0.3 is 0 Å². The molecule has 3 nitrogen and oxygen atoms in total. The molecule has 3 aromatic rings. The van der Waals surface area contributed by atoms with Crippen molar-refractivity contribution in [2.45, 2.75) is 12.5 Å². The molecular weight excluding hydrogens is 308 g/mol. The molecule has 1 heterocycles. The number of hydrogen-bond acceptors (Lipinski definition) is 3. The Morgan fingerprint density at radius 3 is 2.20 bits per heavy atom. The average Bonchev–Trinajstić information content (AvgIpc) is 3.14. The summed E-state index contributed by atoms with van der Waals surface area (Å²) >= 11 is 0. The van der Waals surface area contributed by atoms with Gasteiger partial charge in [-0.05, 0) is 23.3 Å². The first-order valence-electron chi connectivity index (χ1n) is 8.47. The predicted molar refractivity (Wildman–Crippen MR) is 102 cm³/mol. The van der Waals surface area contributed by atoms with Crippen LogP contribution in [0.5, 0.6) is 5.75 Å². The number of hydrazone groups is 1. The number of anilines is 1. The fourth-order valence-corrected chi connectivity index (χ4v) is 3.29. The van der Waals surface area contributed by atoms with Crippen LogP contribution in [0.25, 0.3) is 0 Å². The number of rotatable bonds is 4. The Labute approximate surface area is 148 Å². The van der Waals surface area contributed by atoms with Crippen LogP contribution in [0.2, 0.25) is 0 Å². The molecule has 0 amide bonds. The van der Waals surface area contributed by atoms with Crippen molar-refractivity contribution >= 4 is 11.4 Å². The van der Waals surface area contributed by atoms with Crippen molar-refractivity contribution in [2.24, 2.45) is 5.10 Å². The molecule has 0 bridgehead atoms. The van der Waals surface area contributed by atoms with Crippen molar-refractivity contribution in [3.63, 3.8) is 0 Å². The molecule has 25 heavy (non-hydrogen) atoms. The van der Waals surface area contributed by atoms with Gasteiger partial charge in [-0.1, -0.05) is 72.8 Å². The summed E-state index contributed by atoms with van der Waals surface area (Å²) in [5, 5.41) is 7.06. The van der Waals surface area contributed by atoms with E-state index in [4.69, 9.17) is 9.84 Å². The van der Waals surface area contributed by atoms with Gasteiger partial charge in [0.2, 0.25) is 0 Å². The number of ether oxygens (including phenoxy) is 1. The average molecular weight is 328 g/mol. The van der Waals surface area contributed by atoms with Crippen LogP contribution in [-0.4, -0.2) is 12.8 Å². The van der Waals surface area contributed by atoms with Crippen LogP contribution in [0.3, 0.4) is 0 Å². The quantitative estimate of drug-likeness (QED) is 0.669. The van der Waals surface area contributed by atoms with Crippen LogP contribution in [-0.2, 0) is 0 Å². The Kier molecular flexibility index (Phi) is 4.21. The van der Waals surface area contributed by atoms with Gasteiger partial charge in [-0.2, -0.15) is 5.10 Å². The summed E-state index contributed by atoms with van der Waals surface area (Å²) in [5.74, 6) is 0.835. The summed E-state index contributed by atoms with van der Waals surface area (Å²) < 4.78 is 5.57. The van der Waals surface area contributed by atoms with Gasteiger partial charge in [0, 0.05) is 6.42 Å². The molecule has 1 aliphatic heterocycles. The van der Waals surface area contributed by atoms with Gasteiger partial charge in [-0.3, -0.25) is 5.01 Å². The molecule has 0 aromatic heterocycles. The number of methoxy groups -OCH3 is 1. The third kappa shape index (κ3) is 3.01. The van der Waals surface area contributed by atoms with E-state index in [1.807, 2.05) is 30.3 Å². The monoisotopic (exact) mass is 328 g/mol. The van der Waals surface area contributed by atoms with Crippen molar-refractivity contribution in [3.05, 3.63) is 96.1 Å². The second-order valence-corrected chi connectivity index (χ2v) is 6.06. The molecule has 1 atom stereocenters. The van der Waals surface area contributed by atoms with Gasteiger partial charge in [0.05, 0.1) is 18.9 Å². The molecular formula is C22H20N2O. The topological polar surface area (TPSA) is 24.8 Å². The molecule has 0 saturated heterocycles. The maximum atomic E-state index is 5.57. The van der Waals surface area contributed by atoms with E-state index in [1.165, 1.54) is 11.1 Å². The van der Waals surface area contributed by atoms with E-state index in [-0.39, 0.29) is 6.04 Å². The van der Waals surface area contributed by atoms with Crippen LogP contribution in [0.4, 0.5) is 5.69 Å². The number of para-hydroxylation sites is 2. The van der Waals surface area contributed by atoms with E-state index in [1.54, 1.807) is 7.11 Å². The van der Waals surface area contributed by atoms with Crippen molar-refractivity contribution in [3.8, 4) is 5.75 Å². The van der Waals surface area contributed by atoms with E-state index in [0.717, 1.165) is 23.6 Å². The van der Waals surface area contributed by atoms with Gasteiger partial charge in [0.25, 0.3) is 0 Å². The SMILES string of the molecule is COc1ccccc1N1N=C(c2ccccc2)C[C@H]1c1ccccc1. The Bertz CT molecular complexity index is 875. The second kappa shape index (κ2) is 6.81. The van der Waals surface area contributed by atoms with Crippen molar-refractivity contribution in [1.82, 2.24) is 0 Å². The second-order valence-electron chi connectivity index (χ2n) is 6.06. The molecule has 124 valence electrons. The van der Waals surface area contributed by atoms with Gasteiger partial charge in [0.15, 0.2) is 0 Å². The van der Waals surface area contributed by atoms with E-state index < -0.39 is 0 Å². The molecule has 0 N–H and O–H groups in total. The van der Waals surface area contributed by atoms with Crippen molar-refractivity contribution in [2.75, 3.05) is 12.1 Å². The van der Waals surface area contributed by atoms with Gasteiger partial charge in [-0.25, -0.2) is 0 Å². The summed E-state index contributed by atoms with van der Waals surface area (Å²) in [6.45, 7) is 0. The minimum atomic E-state index is 0.160. The number of nitrogens with zero attached hydrogens (tertiary/aromatic N) is 2. The standard InChI is InChI=1S/C22H20N2O/c1-25-22-15-9-8-14-20(22)24-21(18-12-6-3-7-13-18)16-19(23-24)17-10-4-2-5-11-17/h2-15,21H,16H2,1H3/t21-/m0/s1. The molecule has 1 aliphatic rings. The molecule has 0 spiro atoms. The summed E-state index contributed by atoms with van der Waals surface area (Å²) in [7, 11) is 1.70. The zero-order chi connectivity index (χ0) is 17.1. The molecule has 3 aromatic carbocycles. The van der Waals surface area contributed by atoms with Gasteiger partial charge in [-0.15, -0.1) is 0 Å². The van der Waals surface area contributed by atoms with Gasteiger partial charge < -0.3 is 4.74 Å². The summed E-state index contributed by atoms with van der Waals surface area (Å²) in [6, 6.07) is 29.1. The maximum Gasteiger partial charge on any atom is 0.144 e. The summed E-state index contributed by atoms with van der Waals surface area (Å²) in [6.07, 6.45) is 0.867. The molecule has 3 heteroatoms. The van der Waals surface area contributed by atoms with Crippen LogP contribution in [0.1, 0.15) is 23.6 Å².